The SMILES string of the molecule is Cc1ccc2c(c1)C[C@@H](NC(=O)c1cc3n(n1)C[C@@H](CCNCC(F)(F)F)O3)CO2. The number of alkyl halides is 3. The van der Waals surface area contributed by atoms with Gasteiger partial charge in [0.15, 0.2) is 5.69 Å². The molecule has 2 aliphatic heterocycles. The molecule has 7 nitrogen and oxygen atoms in total. The second-order valence-corrected chi connectivity index (χ2v) is 7.67. The van der Waals surface area contributed by atoms with E-state index >= 15 is 0 Å². The first-order chi connectivity index (χ1) is 14.3. The number of aryl methyl sites for hydroxylation is 1. The standard InChI is InChI=1S/C20H23F3N4O3/c1-12-2-3-17-13(6-12)7-14(10-29-17)25-19(28)16-8-18-27(26-16)9-15(30-18)4-5-24-11-20(21,22)23/h2-3,6,8,14-15,24H,4-5,7,9-11H2,1H3,(H,25,28)/t14-,15-/m1/s1. The number of nitrogens with zero attached hydrogens (tertiary/aromatic N) is 2. The van der Waals surface area contributed by atoms with Gasteiger partial charge in [-0.1, -0.05) is 17.7 Å². The molecule has 10 heteroatoms. The van der Waals surface area contributed by atoms with Gasteiger partial charge in [-0.25, -0.2) is 4.68 Å². The number of fused-ring (bicyclic) bond motifs is 2. The third-order valence-corrected chi connectivity index (χ3v) is 5.07. The fraction of sp³-hybridized carbons (Fsp3) is 0.500. The molecule has 0 fully saturated rings. The van der Waals surface area contributed by atoms with Crippen molar-refractivity contribution in [3.63, 3.8) is 0 Å². The smallest absolute Gasteiger partial charge is 0.401 e. The van der Waals surface area contributed by atoms with Crippen LogP contribution in [0.2, 0.25) is 0 Å². The van der Waals surface area contributed by atoms with E-state index in [0.717, 1.165) is 16.9 Å². The zero-order valence-corrected chi connectivity index (χ0v) is 16.5. The summed E-state index contributed by atoms with van der Waals surface area (Å²) in [6.45, 7) is 1.96. The molecule has 2 atom stereocenters. The lowest BCUT2D eigenvalue weighted by Crippen LogP contribution is -2.43. The highest BCUT2D eigenvalue weighted by Crippen LogP contribution is 2.27. The second kappa shape index (κ2) is 8.17. The van der Waals surface area contributed by atoms with E-state index in [1.54, 1.807) is 10.7 Å². The van der Waals surface area contributed by atoms with Crippen molar-refractivity contribution in [3.05, 3.63) is 41.1 Å². The molecule has 0 spiro atoms. The Kier molecular flexibility index (Phi) is 5.59. The first kappa shape index (κ1) is 20.5. The Morgan fingerprint density at radius 1 is 1.33 bits per heavy atom. The average Bonchev–Trinajstić information content (AvgIpc) is 3.23. The lowest BCUT2D eigenvalue weighted by molar-refractivity contribution is -0.124. The molecule has 2 aliphatic rings. The summed E-state index contributed by atoms with van der Waals surface area (Å²) < 4.78 is 49.4. The number of rotatable bonds is 6. The number of aromatic nitrogens is 2. The van der Waals surface area contributed by atoms with Crippen molar-refractivity contribution >= 4 is 5.91 Å². The maximum atomic E-state index is 12.6. The van der Waals surface area contributed by atoms with E-state index in [1.807, 2.05) is 19.1 Å². The van der Waals surface area contributed by atoms with Crippen LogP contribution in [0.3, 0.4) is 0 Å². The number of halogens is 3. The van der Waals surface area contributed by atoms with E-state index in [9.17, 15) is 18.0 Å². The first-order valence-corrected chi connectivity index (χ1v) is 9.82. The normalized spacial score (nSPS) is 20.1. The summed E-state index contributed by atoms with van der Waals surface area (Å²) in [6.07, 6.45) is -3.40. The van der Waals surface area contributed by atoms with Crippen molar-refractivity contribution in [2.75, 3.05) is 19.7 Å². The summed E-state index contributed by atoms with van der Waals surface area (Å²) in [4.78, 5) is 12.6. The van der Waals surface area contributed by atoms with Gasteiger partial charge < -0.3 is 20.1 Å². The van der Waals surface area contributed by atoms with Crippen LogP contribution in [0.4, 0.5) is 13.2 Å². The van der Waals surface area contributed by atoms with Gasteiger partial charge in [0.2, 0.25) is 5.88 Å². The van der Waals surface area contributed by atoms with Gasteiger partial charge >= 0.3 is 6.18 Å². The van der Waals surface area contributed by atoms with E-state index in [2.05, 4.69) is 21.8 Å². The molecule has 2 N–H and O–H groups in total. The Balaban J connectivity index is 1.27. The van der Waals surface area contributed by atoms with Crippen molar-refractivity contribution in [1.82, 2.24) is 20.4 Å². The molecule has 0 saturated carbocycles. The number of amides is 1. The topological polar surface area (TPSA) is 77.4 Å². The van der Waals surface area contributed by atoms with Gasteiger partial charge in [0.1, 0.15) is 18.5 Å². The highest BCUT2D eigenvalue weighted by atomic mass is 19.4. The molecule has 0 radical (unpaired) electrons. The Bertz CT molecular complexity index is 905. The van der Waals surface area contributed by atoms with Crippen LogP contribution in [0.15, 0.2) is 24.3 Å². The first-order valence-electron chi connectivity index (χ1n) is 9.82. The van der Waals surface area contributed by atoms with Gasteiger partial charge in [-0.2, -0.15) is 18.3 Å². The van der Waals surface area contributed by atoms with Gasteiger partial charge in [0, 0.05) is 6.07 Å². The minimum absolute atomic E-state index is 0.156. The number of ether oxygens (including phenoxy) is 2. The molecule has 1 aromatic carbocycles. The number of carbonyl (C=O) groups excluding carboxylic acids is 1. The zero-order chi connectivity index (χ0) is 21.3. The second-order valence-electron chi connectivity index (χ2n) is 7.67. The van der Waals surface area contributed by atoms with Gasteiger partial charge in [0.05, 0.1) is 19.1 Å². The minimum atomic E-state index is -4.23. The molecule has 0 unspecified atom stereocenters. The highest BCUT2D eigenvalue weighted by molar-refractivity contribution is 5.92. The predicted octanol–water partition coefficient (Wildman–Crippen LogP) is 2.23. The maximum absolute atomic E-state index is 12.6. The molecule has 0 saturated heterocycles. The van der Waals surface area contributed by atoms with Crippen LogP contribution in [0.5, 0.6) is 11.6 Å². The Morgan fingerprint density at radius 2 is 2.17 bits per heavy atom. The average molecular weight is 424 g/mol. The predicted molar refractivity (Wildman–Crippen MR) is 102 cm³/mol. The summed E-state index contributed by atoms with van der Waals surface area (Å²) in [7, 11) is 0. The summed E-state index contributed by atoms with van der Waals surface area (Å²) in [6, 6.07) is 7.38. The van der Waals surface area contributed by atoms with E-state index < -0.39 is 12.7 Å². The van der Waals surface area contributed by atoms with Crippen molar-refractivity contribution in [1.29, 1.82) is 0 Å². The monoisotopic (exact) mass is 424 g/mol. The maximum Gasteiger partial charge on any atom is 0.401 e. The molecular formula is C20H23F3N4O3. The Labute approximate surface area is 171 Å². The fourth-order valence-electron chi connectivity index (χ4n) is 3.66. The van der Waals surface area contributed by atoms with E-state index in [4.69, 9.17) is 9.47 Å². The quantitative estimate of drug-likeness (QED) is 0.696. The molecule has 0 bridgehead atoms. The lowest BCUT2D eigenvalue weighted by Gasteiger charge is -2.26. The number of hydrogen-bond acceptors (Lipinski definition) is 5. The van der Waals surface area contributed by atoms with Crippen LogP contribution < -0.4 is 20.1 Å². The van der Waals surface area contributed by atoms with Crippen molar-refractivity contribution in [2.45, 2.75) is 44.6 Å². The molecule has 3 heterocycles. The van der Waals surface area contributed by atoms with Gasteiger partial charge in [-0.3, -0.25) is 4.79 Å². The van der Waals surface area contributed by atoms with Crippen LogP contribution in [0.25, 0.3) is 0 Å². The van der Waals surface area contributed by atoms with Crippen molar-refractivity contribution < 1.29 is 27.4 Å². The van der Waals surface area contributed by atoms with Crippen LogP contribution >= 0.6 is 0 Å². The van der Waals surface area contributed by atoms with Crippen LogP contribution in [0.1, 0.15) is 28.0 Å². The fourth-order valence-corrected chi connectivity index (χ4v) is 3.66. The van der Waals surface area contributed by atoms with E-state index in [-0.39, 0.29) is 30.3 Å². The third kappa shape index (κ3) is 4.86. The van der Waals surface area contributed by atoms with Gasteiger partial charge in [0.25, 0.3) is 5.91 Å². The Hall–Kier alpha value is -2.75. The van der Waals surface area contributed by atoms with Crippen LogP contribution in [-0.2, 0) is 13.0 Å². The Morgan fingerprint density at radius 3 is 2.93 bits per heavy atom. The van der Waals surface area contributed by atoms with Crippen LogP contribution in [0, 0.1) is 6.92 Å². The number of nitrogens with one attached hydrogen (secondary N) is 2. The van der Waals surface area contributed by atoms with Gasteiger partial charge in [-0.15, -0.1) is 0 Å². The lowest BCUT2D eigenvalue weighted by atomic mass is 10.0. The number of benzene rings is 1. The van der Waals surface area contributed by atoms with E-state index in [0.29, 0.717) is 31.9 Å². The molecule has 4 rings (SSSR count). The van der Waals surface area contributed by atoms with Crippen LogP contribution in [-0.4, -0.2) is 53.7 Å². The minimum Gasteiger partial charge on any atom is -0.491 e. The van der Waals surface area contributed by atoms with Crippen molar-refractivity contribution in [3.8, 4) is 11.6 Å². The van der Waals surface area contributed by atoms with Gasteiger partial charge in [-0.05, 0) is 37.9 Å². The molecule has 162 valence electrons. The zero-order valence-electron chi connectivity index (χ0n) is 16.5. The summed E-state index contributed by atoms with van der Waals surface area (Å²) in [5.41, 5.74) is 2.44. The molecule has 1 aromatic heterocycles. The van der Waals surface area contributed by atoms with Crippen molar-refractivity contribution in [2.24, 2.45) is 0 Å². The number of hydrogen-bond donors (Lipinski definition) is 2. The molecule has 0 aliphatic carbocycles. The molecule has 1 amide bonds. The van der Waals surface area contributed by atoms with E-state index in [1.165, 1.54) is 0 Å². The summed E-state index contributed by atoms with van der Waals surface area (Å²) >= 11 is 0. The molecule has 30 heavy (non-hydrogen) atoms. The largest absolute Gasteiger partial charge is 0.491 e. The highest BCUT2D eigenvalue weighted by Gasteiger charge is 2.29. The summed E-state index contributed by atoms with van der Waals surface area (Å²) in [5, 5.41) is 9.56. The molecular weight excluding hydrogens is 401 g/mol. The molecule has 2 aromatic rings. The number of carbonyl (C=O) groups is 1. The third-order valence-electron chi connectivity index (χ3n) is 5.07. The summed E-state index contributed by atoms with van der Waals surface area (Å²) in [5.74, 6) is 0.978.